The Morgan fingerprint density at radius 3 is 2.55 bits per heavy atom. The fraction of sp³-hybridized carbons (Fsp3) is 0.0455. The highest BCUT2D eigenvalue weighted by atomic mass is 35.5. The number of aromatic nitrogens is 1. The van der Waals surface area contributed by atoms with Crippen molar-refractivity contribution in [3.05, 3.63) is 82.5 Å². The van der Waals surface area contributed by atoms with Gasteiger partial charge in [0, 0.05) is 17.6 Å². The fourth-order valence-corrected chi connectivity index (χ4v) is 4.03. The maximum Gasteiger partial charge on any atom is 0.294 e. The summed E-state index contributed by atoms with van der Waals surface area (Å²) in [6.07, 6.45) is 3.41. The molecule has 1 aromatic heterocycles. The topological polar surface area (TPSA) is 91.6 Å². The van der Waals surface area contributed by atoms with Gasteiger partial charge in [0.05, 0.1) is 15.6 Å². The van der Waals surface area contributed by atoms with Crippen molar-refractivity contribution < 1.29 is 19.5 Å². The molecule has 3 amide bonds. The molecule has 2 aromatic carbocycles. The molecular weight excluding hydrogens is 438 g/mol. The van der Waals surface area contributed by atoms with Gasteiger partial charge in [-0.1, -0.05) is 23.7 Å². The number of aromatic hydroxyl groups is 1. The van der Waals surface area contributed by atoms with E-state index in [2.05, 4.69) is 5.32 Å². The van der Waals surface area contributed by atoms with Gasteiger partial charge in [0.1, 0.15) is 12.3 Å². The van der Waals surface area contributed by atoms with Gasteiger partial charge in [0.2, 0.25) is 5.91 Å². The number of nitrogens with zero attached hydrogens (tertiary/aromatic N) is 2. The largest absolute Gasteiger partial charge is 0.508 e. The number of halogens is 1. The minimum absolute atomic E-state index is 0.147. The number of thioether (sulfide) groups is 1. The molecule has 1 aliphatic heterocycles. The predicted octanol–water partition coefficient (Wildman–Crippen LogP) is 4.51. The molecule has 1 fully saturated rings. The Bertz CT molecular complexity index is 1200. The lowest BCUT2D eigenvalue weighted by molar-refractivity contribution is -0.127. The van der Waals surface area contributed by atoms with Crippen molar-refractivity contribution >= 4 is 52.2 Å². The summed E-state index contributed by atoms with van der Waals surface area (Å²) >= 11 is 6.80. The third-order valence-electron chi connectivity index (χ3n) is 4.51. The van der Waals surface area contributed by atoms with Crippen molar-refractivity contribution in [2.24, 2.45) is 0 Å². The van der Waals surface area contributed by atoms with Crippen LogP contribution in [0, 0.1) is 0 Å². The van der Waals surface area contributed by atoms with E-state index in [1.165, 1.54) is 0 Å². The van der Waals surface area contributed by atoms with Crippen molar-refractivity contribution in [3.63, 3.8) is 0 Å². The number of phenols is 1. The van der Waals surface area contributed by atoms with Crippen molar-refractivity contribution in [1.82, 2.24) is 9.47 Å². The number of para-hydroxylation sites is 1. The average molecular weight is 454 g/mol. The second kappa shape index (κ2) is 8.71. The molecule has 4 rings (SSSR count). The van der Waals surface area contributed by atoms with E-state index < -0.39 is 23.6 Å². The van der Waals surface area contributed by atoms with Gasteiger partial charge < -0.3 is 15.0 Å². The minimum Gasteiger partial charge on any atom is -0.508 e. The summed E-state index contributed by atoms with van der Waals surface area (Å²) in [6.45, 7) is -0.411. The quantitative estimate of drug-likeness (QED) is 0.554. The Kier molecular flexibility index (Phi) is 5.83. The highest BCUT2D eigenvalue weighted by molar-refractivity contribution is 8.18. The molecule has 2 N–H and O–H groups in total. The van der Waals surface area contributed by atoms with E-state index in [1.54, 1.807) is 72.9 Å². The van der Waals surface area contributed by atoms with Crippen LogP contribution in [0.15, 0.2) is 71.8 Å². The summed E-state index contributed by atoms with van der Waals surface area (Å²) in [7, 11) is 0. The summed E-state index contributed by atoms with van der Waals surface area (Å²) in [5.41, 5.74) is 1.87. The molecule has 0 atom stereocenters. The van der Waals surface area contributed by atoms with Crippen LogP contribution in [-0.4, -0.2) is 38.2 Å². The van der Waals surface area contributed by atoms with Gasteiger partial charge in [-0.15, -0.1) is 0 Å². The summed E-state index contributed by atoms with van der Waals surface area (Å²) in [5.74, 6) is -0.916. The molecule has 3 aromatic rings. The first-order valence-electron chi connectivity index (χ1n) is 9.19. The summed E-state index contributed by atoms with van der Waals surface area (Å²) in [4.78, 5) is 38.6. The molecule has 1 aliphatic rings. The van der Waals surface area contributed by atoms with Crippen LogP contribution in [0.2, 0.25) is 5.02 Å². The normalized spacial score (nSPS) is 15.0. The number of rotatable bonds is 5. The van der Waals surface area contributed by atoms with Gasteiger partial charge in [0.15, 0.2) is 0 Å². The lowest BCUT2D eigenvalue weighted by atomic mass is 10.3. The van der Waals surface area contributed by atoms with Crippen LogP contribution >= 0.6 is 23.4 Å². The van der Waals surface area contributed by atoms with Crippen LogP contribution < -0.4 is 5.32 Å². The zero-order chi connectivity index (χ0) is 22.0. The zero-order valence-electron chi connectivity index (χ0n) is 16.0. The smallest absolute Gasteiger partial charge is 0.294 e. The van der Waals surface area contributed by atoms with Crippen LogP contribution in [0.25, 0.3) is 11.8 Å². The van der Waals surface area contributed by atoms with E-state index >= 15 is 0 Å². The SMILES string of the molecule is O=C(CN1C(=O)S/C(=C/c2cccn2-c2ccc(O)cc2)C1=O)Nc1ccccc1Cl. The fourth-order valence-electron chi connectivity index (χ4n) is 3.03. The molecule has 31 heavy (non-hydrogen) atoms. The van der Waals surface area contributed by atoms with Gasteiger partial charge in [-0.25, -0.2) is 0 Å². The second-order valence-electron chi connectivity index (χ2n) is 6.62. The maximum absolute atomic E-state index is 12.8. The first-order chi connectivity index (χ1) is 14.9. The average Bonchev–Trinajstić information content (AvgIpc) is 3.30. The number of carbonyl (C=O) groups is 3. The molecule has 1 saturated heterocycles. The zero-order valence-corrected chi connectivity index (χ0v) is 17.6. The van der Waals surface area contributed by atoms with Crippen LogP contribution in [0.1, 0.15) is 5.69 Å². The third-order valence-corrected chi connectivity index (χ3v) is 5.75. The summed E-state index contributed by atoms with van der Waals surface area (Å²) in [6, 6.07) is 16.9. The molecular formula is C22H16ClN3O4S. The van der Waals surface area contributed by atoms with Crippen LogP contribution in [0.4, 0.5) is 10.5 Å². The second-order valence-corrected chi connectivity index (χ2v) is 8.02. The van der Waals surface area contributed by atoms with E-state index in [-0.39, 0.29) is 10.7 Å². The number of hydrogen-bond acceptors (Lipinski definition) is 5. The molecule has 156 valence electrons. The summed E-state index contributed by atoms with van der Waals surface area (Å²) in [5, 5.41) is 11.9. The molecule has 0 bridgehead atoms. The number of nitrogens with one attached hydrogen (secondary N) is 1. The van der Waals surface area contributed by atoms with E-state index in [0.717, 1.165) is 22.3 Å². The van der Waals surface area contributed by atoms with Crippen molar-refractivity contribution in [2.75, 3.05) is 11.9 Å². The number of phenolic OH excluding ortho intramolecular Hbond substituents is 1. The molecule has 0 saturated carbocycles. The van der Waals surface area contributed by atoms with Gasteiger partial charge >= 0.3 is 0 Å². The first kappa shape index (κ1) is 20.8. The Hall–Kier alpha value is -3.49. The Morgan fingerprint density at radius 2 is 1.81 bits per heavy atom. The lowest BCUT2D eigenvalue weighted by Crippen LogP contribution is -2.36. The van der Waals surface area contributed by atoms with E-state index in [9.17, 15) is 19.5 Å². The first-order valence-corrected chi connectivity index (χ1v) is 10.4. The minimum atomic E-state index is -0.539. The molecule has 0 spiro atoms. The van der Waals surface area contributed by atoms with Crippen LogP contribution in [0.3, 0.4) is 0 Å². The number of carbonyl (C=O) groups excluding carboxylic acids is 3. The highest BCUT2D eigenvalue weighted by Crippen LogP contribution is 2.33. The number of imide groups is 1. The molecule has 2 heterocycles. The molecule has 0 aliphatic carbocycles. The van der Waals surface area contributed by atoms with Gasteiger partial charge in [0.25, 0.3) is 11.1 Å². The molecule has 0 unspecified atom stereocenters. The van der Waals surface area contributed by atoms with Gasteiger partial charge in [-0.3, -0.25) is 19.3 Å². The van der Waals surface area contributed by atoms with Crippen LogP contribution in [0.5, 0.6) is 5.75 Å². The lowest BCUT2D eigenvalue weighted by Gasteiger charge is -2.13. The van der Waals surface area contributed by atoms with Gasteiger partial charge in [-0.2, -0.15) is 0 Å². The predicted molar refractivity (Wildman–Crippen MR) is 120 cm³/mol. The molecule has 7 nitrogen and oxygen atoms in total. The Labute approximate surface area is 186 Å². The summed E-state index contributed by atoms with van der Waals surface area (Å²) < 4.78 is 1.82. The van der Waals surface area contributed by atoms with Crippen LogP contribution in [-0.2, 0) is 9.59 Å². The van der Waals surface area contributed by atoms with E-state index in [0.29, 0.717) is 16.4 Å². The standard InChI is InChI=1S/C22H16ClN3O4S/c23-17-5-1-2-6-18(17)24-20(28)13-26-21(29)19(31-22(26)30)12-15-4-3-11-25(15)14-7-9-16(27)10-8-14/h1-12,27H,13H2,(H,24,28)/b19-12+. The molecule has 9 heteroatoms. The van der Waals surface area contributed by atoms with Crippen molar-refractivity contribution in [1.29, 1.82) is 0 Å². The monoisotopic (exact) mass is 453 g/mol. The Morgan fingerprint density at radius 1 is 1.06 bits per heavy atom. The van der Waals surface area contributed by atoms with Crippen molar-refractivity contribution in [3.8, 4) is 11.4 Å². The number of anilines is 1. The Balaban J connectivity index is 1.51. The van der Waals surface area contributed by atoms with Crippen molar-refractivity contribution in [2.45, 2.75) is 0 Å². The molecule has 0 radical (unpaired) electrons. The third kappa shape index (κ3) is 4.50. The number of benzene rings is 2. The van der Waals surface area contributed by atoms with E-state index in [4.69, 9.17) is 11.6 Å². The van der Waals surface area contributed by atoms with Gasteiger partial charge in [-0.05, 0) is 66.4 Å². The highest BCUT2D eigenvalue weighted by Gasteiger charge is 2.36. The van der Waals surface area contributed by atoms with E-state index in [1.807, 2.05) is 4.57 Å². The number of amides is 3. The maximum atomic E-state index is 12.8. The number of hydrogen-bond donors (Lipinski definition) is 2.